The molecule has 3 atom stereocenters. The van der Waals surface area contributed by atoms with Crippen molar-refractivity contribution in [1.29, 1.82) is 0 Å². The summed E-state index contributed by atoms with van der Waals surface area (Å²) in [6, 6.07) is 8.57. The van der Waals surface area contributed by atoms with Crippen molar-refractivity contribution in [1.82, 2.24) is 10.2 Å². The molecule has 0 bridgehead atoms. The summed E-state index contributed by atoms with van der Waals surface area (Å²) in [4.78, 5) is 23.7. The van der Waals surface area contributed by atoms with E-state index in [0.717, 1.165) is 51.1 Å². The Balaban J connectivity index is 0.000000360. The second kappa shape index (κ2) is 10.5. The van der Waals surface area contributed by atoms with Crippen molar-refractivity contribution in [3.05, 3.63) is 29.8 Å². The maximum absolute atomic E-state index is 12.4. The van der Waals surface area contributed by atoms with Crippen molar-refractivity contribution in [2.75, 3.05) is 20.2 Å². The zero-order valence-corrected chi connectivity index (χ0v) is 17.9. The fraction of sp³-hybridized carbons (Fsp3) is 0.636. The molecule has 1 amide bonds. The number of carboxylic acid groups (broad SMARTS) is 1. The number of aliphatic carboxylic acids is 1. The van der Waals surface area contributed by atoms with E-state index in [1.807, 2.05) is 12.1 Å². The zero-order valence-electron chi connectivity index (χ0n) is 17.9. The number of nitrogens with one attached hydrogen (secondary N) is 1. The summed E-state index contributed by atoms with van der Waals surface area (Å²) in [6.45, 7) is 2.82. The maximum atomic E-state index is 12.4. The molecule has 10 heteroatoms. The predicted octanol–water partition coefficient (Wildman–Crippen LogP) is 2.98. The number of hydrogen-bond acceptors (Lipinski definition) is 5. The molecule has 0 unspecified atom stereocenters. The molecule has 3 fully saturated rings. The molecule has 4 rings (SSSR count). The average molecular weight is 458 g/mol. The SMILES string of the molecule is COc1ccccc1CN1CC[C@H]2C[C@H](C(=O)NC3CCC3)O[C@@H]2C1.O=C(O)C(F)(F)F. The standard InChI is InChI=1S/C20H28N2O3.C2HF3O2/c1-24-17-8-3-2-5-15(17)12-22-10-9-14-11-18(25-19(14)13-22)20(23)21-16-6-4-7-16;3-2(4,5)1(6)7/h2-3,5,8,14,16,18-19H,4,6-7,9-13H2,1H3,(H,21,23);(H,6,7)/t14-,18+,19+;/m0./s1. The topological polar surface area (TPSA) is 88.1 Å². The molecule has 1 saturated carbocycles. The average Bonchev–Trinajstić information content (AvgIpc) is 3.14. The number of halogens is 3. The van der Waals surface area contributed by atoms with Crippen molar-refractivity contribution in [2.45, 2.75) is 63.1 Å². The van der Waals surface area contributed by atoms with Gasteiger partial charge in [0.1, 0.15) is 11.9 Å². The quantitative estimate of drug-likeness (QED) is 0.706. The van der Waals surface area contributed by atoms with Crippen LogP contribution < -0.4 is 10.1 Å². The Bertz CT molecular complexity index is 800. The first-order valence-electron chi connectivity index (χ1n) is 10.8. The number of para-hydroxylation sites is 1. The summed E-state index contributed by atoms with van der Waals surface area (Å²) in [6.07, 6.45) is 0.316. The smallest absolute Gasteiger partial charge is 0.490 e. The van der Waals surface area contributed by atoms with Crippen LogP contribution >= 0.6 is 0 Å². The van der Waals surface area contributed by atoms with E-state index >= 15 is 0 Å². The first-order chi connectivity index (χ1) is 15.2. The highest BCUT2D eigenvalue weighted by Crippen LogP contribution is 2.34. The Labute approximate surface area is 184 Å². The lowest BCUT2D eigenvalue weighted by Crippen LogP contribution is -2.45. The van der Waals surface area contributed by atoms with Crippen LogP contribution in [0.4, 0.5) is 13.2 Å². The molecule has 3 aliphatic rings. The Morgan fingerprint density at radius 2 is 1.94 bits per heavy atom. The van der Waals surface area contributed by atoms with E-state index in [1.165, 1.54) is 12.0 Å². The molecule has 0 radical (unpaired) electrons. The van der Waals surface area contributed by atoms with Crippen LogP contribution in [-0.4, -0.2) is 66.5 Å². The summed E-state index contributed by atoms with van der Waals surface area (Å²) < 4.78 is 43.3. The van der Waals surface area contributed by atoms with Crippen LogP contribution in [0.15, 0.2) is 24.3 Å². The summed E-state index contributed by atoms with van der Waals surface area (Å²) in [5, 5.41) is 10.3. The third kappa shape index (κ3) is 6.35. The molecule has 0 aromatic heterocycles. The number of methoxy groups -OCH3 is 1. The summed E-state index contributed by atoms with van der Waals surface area (Å²) in [5.74, 6) is -1.19. The highest BCUT2D eigenvalue weighted by Gasteiger charge is 2.42. The minimum Gasteiger partial charge on any atom is -0.496 e. The first kappa shape index (κ1) is 24.3. The van der Waals surface area contributed by atoms with Gasteiger partial charge in [0, 0.05) is 24.7 Å². The normalized spacial score (nSPS) is 25.7. The Hall–Kier alpha value is -2.33. The number of hydrogen-bond donors (Lipinski definition) is 2. The Morgan fingerprint density at radius 3 is 2.53 bits per heavy atom. The van der Waals surface area contributed by atoms with Gasteiger partial charge in [-0.15, -0.1) is 0 Å². The number of ether oxygens (including phenoxy) is 2. The van der Waals surface area contributed by atoms with Crippen LogP contribution in [0.3, 0.4) is 0 Å². The molecule has 2 N–H and O–H groups in total. The summed E-state index contributed by atoms with van der Waals surface area (Å²) >= 11 is 0. The first-order valence-corrected chi connectivity index (χ1v) is 10.8. The third-order valence-corrected chi connectivity index (χ3v) is 6.21. The van der Waals surface area contributed by atoms with Crippen molar-refractivity contribution in [2.24, 2.45) is 5.92 Å². The van der Waals surface area contributed by atoms with E-state index in [1.54, 1.807) is 7.11 Å². The molecule has 1 aromatic rings. The number of benzene rings is 1. The van der Waals surface area contributed by atoms with Crippen LogP contribution in [0.25, 0.3) is 0 Å². The van der Waals surface area contributed by atoms with E-state index in [0.29, 0.717) is 12.0 Å². The number of alkyl halides is 3. The van der Waals surface area contributed by atoms with Gasteiger partial charge in [-0.25, -0.2) is 4.79 Å². The number of rotatable bonds is 5. The number of piperidine rings is 1. The van der Waals surface area contributed by atoms with Gasteiger partial charge in [0.2, 0.25) is 5.91 Å². The summed E-state index contributed by atoms with van der Waals surface area (Å²) in [5.41, 5.74) is 1.21. The van der Waals surface area contributed by atoms with Gasteiger partial charge in [0.15, 0.2) is 0 Å². The van der Waals surface area contributed by atoms with Gasteiger partial charge in [0.25, 0.3) is 0 Å². The largest absolute Gasteiger partial charge is 0.496 e. The fourth-order valence-corrected chi connectivity index (χ4v) is 4.23. The Kier molecular flexibility index (Phi) is 8.00. The van der Waals surface area contributed by atoms with Crippen LogP contribution in [0.1, 0.15) is 37.7 Å². The number of nitrogens with zero attached hydrogens (tertiary/aromatic N) is 1. The summed E-state index contributed by atoms with van der Waals surface area (Å²) in [7, 11) is 1.72. The van der Waals surface area contributed by atoms with Crippen molar-refractivity contribution in [3.63, 3.8) is 0 Å². The molecule has 178 valence electrons. The van der Waals surface area contributed by atoms with Crippen LogP contribution in [-0.2, 0) is 20.9 Å². The minimum atomic E-state index is -5.08. The third-order valence-electron chi connectivity index (χ3n) is 6.21. The van der Waals surface area contributed by atoms with Crippen LogP contribution in [0, 0.1) is 5.92 Å². The van der Waals surface area contributed by atoms with E-state index in [4.69, 9.17) is 19.4 Å². The van der Waals surface area contributed by atoms with Crippen molar-refractivity contribution in [3.8, 4) is 5.75 Å². The monoisotopic (exact) mass is 458 g/mol. The number of likely N-dealkylation sites (tertiary alicyclic amines) is 1. The molecular weight excluding hydrogens is 429 g/mol. The molecular formula is C22H29F3N2O5. The molecule has 2 saturated heterocycles. The van der Waals surface area contributed by atoms with Gasteiger partial charge in [-0.2, -0.15) is 13.2 Å². The number of carbonyl (C=O) groups excluding carboxylic acids is 1. The van der Waals surface area contributed by atoms with Gasteiger partial charge in [-0.1, -0.05) is 18.2 Å². The van der Waals surface area contributed by atoms with E-state index < -0.39 is 12.1 Å². The lowest BCUT2D eigenvalue weighted by Gasteiger charge is -2.34. The zero-order chi connectivity index (χ0) is 23.3. The van der Waals surface area contributed by atoms with Gasteiger partial charge in [-0.05, 0) is 50.6 Å². The van der Waals surface area contributed by atoms with Gasteiger partial charge in [-0.3, -0.25) is 9.69 Å². The molecule has 32 heavy (non-hydrogen) atoms. The highest BCUT2D eigenvalue weighted by molar-refractivity contribution is 5.81. The minimum absolute atomic E-state index is 0.107. The molecule has 7 nitrogen and oxygen atoms in total. The second-order valence-corrected chi connectivity index (χ2v) is 8.43. The van der Waals surface area contributed by atoms with Gasteiger partial charge < -0.3 is 19.9 Å². The maximum Gasteiger partial charge on any atom is 0.490 e. The highest BCUT2D eigenvalue weighted by atomic mass is 19.4. The fourth-order valence-electron chi connectivity index (χ4n) is 4.23. The number of fused-ring (bicyclic) bond motifs is 1. The Morgan fingerprint density at radius 1 is 1.25 bits per heavy atom. The van der Waals surface area contributed by atoms with E-state index in [-0.39, 0.29) is 18.1 Å². The predicted molar refractivity (Wildman–Crippen MR) is 109 cm³/mol. The van der Waals surface area contributed by atoms with E-state index in [9.17, 15) is 18.0 Å². The van der Waals surface area contributed by atoms with Crippen LogP contribution in [0.5, 0.6) is 5.75 Å². The molecule has 0 spiro atoms. The molecule has 1 aliphatic carbocycles. The van der Waals surface area contributed by atoms with Gasteiger partial charge in [0.05, 0.1) is 13.2 Å². The van der Waals surface area contributed by atoms with Crippen LogP contribution in [0.2, 0.25) is 0 Å². The molecule has 1 aromatic carbocycles. The van der Waals surface area contributed by atoms with Gasteiger partial charge >= 0.3 is 12.1 Å². The lowest BCUT2D eigenvalue weighted by molar-refractivity contribution is -0.192. The van der Waals surface area contributed by atoms with E-state index in [2.05, 4.69) is 22.3 Å². The lowest BCUT2D eigenvalue weighted by atomic mass is 9.90. The number of carboxylic acids is 1. The van der Waals surface area contributed by atoms with Crippen molar-refractivity contribution >= 4 is 11.9 Å². The number of amides is 1. The number of carbonyl (C=O) groups is 2. The molecule has 2 aliphatic heterocycles. The second-order valence-electron chi connectivity index (χ2n) is 8.43. The van der Waals surface area contributed by atoms with Crippen molar-refractivity contribution < 1.29 is 37.3 Å². The molecule has 2 heterocycles.